The number of carbonyl (C=O) groups is 2. The standard InChI is InChI=1S/C22H22N4O3/c1-13-14(2)29-21(23-13)16-4-3-5-19(12-16)24-20(27)15-6-8-17(9-7-15)25-22(28)26-18-10-11-18/h3-9,12,18H,10-11H2,1-2H3,(H,24,27)(H2,25,26,28). The van der Waals surface area contributed by atoms with Crippen LogP contribution >= 0.6 is 0 Å². The lowest BCUT2D eigenvalue weighted by Gasteiger charge is -2.09. The van der Waals surface area contributed by atoms with Gasteiger partial charge in [0, 0.05) is 28.5 Å². The van der Waals surface area contributed by atoms with E-state index in [9.17, 15) is 9.59 Å². The van der Waals surface area contributed by atoms with Crippen molar-refractivity contribution in [3.05, 3.63) is 65.5 Å². The second-order valence-electron chi connectivity index (χ2n) is 7.15. The van der Waals surface area contributed by atoms with Gasteiger partial charge in [-0.25, -0.2) is 9.78 Å². The van der Waals surface area contributed by atoms with Crippen molar-refractivity contribution in [2.75, 3.05) is 10.6 Å². The predicted molar refractivity (Wildman–Crippen MR) is 111 cm³/mol. The number of anilines is 2. The smallest absolute Gasteiger partial charge is 0.319 e. The van der Waals surface area contributed by atoms with Crippen LogP contribution in [0.25, 0.3) is 11.5 Å². The van der Waals surface area contributed by atoms with Gasteiger partial charge < -0.3 is 20.4 Å². The lowest BCUT2D eigenvalue weighted by atomic mass is 10.1. The summed E-state index contributed by atoms with van der Waals surface area (Å²) in [7, 11) is 0. The fraction of sp³-hybridized carbons (Fsp3) is 0.227. The van der Waals surface area contributed by atoms with E-state index in [-0.39, 0.29) is 11.9 Å². The zero-order chi connectivity index (χ0) is 20.4. The van der Waals surface area contributed by atoms with Crippen molar-refractivity contribution in [2.45, 2.75) is 32.7 Å². The third-order valence-electron chi connectivity index (χ3n) is 4.71. The molecule has 1 aliphatic carbocycles. The van der Waals surface area contributed by atoms with E-state index in [4.69, 9.17) is 4.42 Å². The minimum Gasteiger partial charge on any atom is -0.441 e. The van der Waals surface area contributed by atoms with Gasteiger partial charge in [0.15, 0.2) is 0 Å². The molecule has 29 heavy (non-hydrogen) atoms. The monoisotopic (exact) mass is 390 g/mol. The summed E-state index contributed by atoms with van der Waals surface area (Å²) in [6.07, 6.45) is 2.06. The first-order valence-corrected chi connectivity index (χ1v) is 9.51. The number of hydrogen-bond acceptors (Lipinski definition) is 4. The van der Waals surface area contributed by atoms with Crippen LogP contribution in [0.3, 0.4) is 0 Å². The van der Waals surface area contributed by atoms with E-state index in [0.717, 1.165) is 29.9 Å². The van der Waals surface area contributed by atoms with Gasteiger partial charge in [-0.15, -0.1) is 0 Å². The van der Waals surface area contributed by atoms with E-state index in [1.807, 2.05) is 38.1 Å². The van der Waals surface area contributed by atoms with Crippen LogP contribution < -0.4 is 16.0 Å². The summed E-state index contributed by atoms with van der Waals surface area (Å²) in [5, 5.41) is 8.49. The van der Waals surface area contributed by atoms with E-state index < -0.39 is 0 Å². The fourth-order valence-electron chi connectivity index (χ4n) is 2.81. The van der Waals surface area contributed by atoms with Gasteiger partial charge in [-0.2, -0.15) is 0 Å². The summed E-state index contributed by atoms with van der Waals surface area (Å²) in [5.74, 6) is 1.06. The van der Waals surface area contributed by atoms with Crippen molar-refractivity contribution in [1.82, 2.24) is 10.3 Å². The van der Waals surface area contributed by atoms with E-state index in [2.05, 4.69) is 20.9 Å². The zero-order valence-corrected chi connectivity index (χ0v) is 16.3. The summed E-state index contributed by atoms with van der Waals surface area (Å²) >= 11 is 0. The number of nitrogens with one attached hydrogen (secondary N) is 3. The summed E-state index contributed by atoms with van der Waals surface area (Å²) in [6, 6.07) is 14.2. The van der Waals surface area contributed by atoms with Crippen LogP contribution in [-0.2, 0) is 0 Å². The second-order valence-corrected chi connectivity index (χ2v) is 7.15. The number of benzene rings is 2. The number of aromatic nitrogens is 1. The van der Waals surface area contributed by atoms with E-state index in [1.54, 1.807) is 24.3 Å². The van der Waals surface area contributed by atoms with Crippen LogP contribution in [0.5, 0.6) is 0 Å². The number of rotatable bonds is 5. The molecule has 1 fully saturated rings. The highest BCUT2D eigenvalue weighted by molar-refractivity contribution is 6.04. The predicted octanol–water partition coefficient (Wildman–Crippen LogP) is 4.49. The Hall–Kier alpha value is -3.61. The van der Waals surface area contributed by atoms with Crippen molar-refractivity contribution in [3.8, 4) is 11.5 Å². The molecule has 3 N–H and O–H groups in total. The van der Waals surface area contributed by atoms with Crippen LogP contribution in [0.1, 0.15) is 34.7 Å². The first-order valence-electron chi connectivity index (χ1n) is 9.51. The molecule has 1 aliphatic rings. The maximum absolute atomic E-state index is 12.6. The third kappa shape index (κ3) is 4.63. The van der Waals surface area contributed by atoms with Crippen molar-refractivity contribution in [3.63, 3.8) is 0 Å². The van der Waals surface area contributed by atoms with Crippen LogP contribution in [-0.4, -0.2) is 23.0 Å². The van der Waals surface area contributed by atoms with Gasteiger partial charge in [-0.05, 0) is 69.2 Å². The Morgan fingerprint density at radius 2 is 1.76 bits per heavy atom. The maximum atomic E-state index is 12.6. The Balaban J connectivity index is 1.41. The van der Waals surface area contributed by atoms with Crippen molar-refractivity contribution < 1.29 is 14.0 Å². The van der Waals surface area contributed by atoms with Gasteiger partial charge in [0.25, 0.3) is 5.91 Å². The number of urea groups is 1. The highest BCUT2D eigenvalue weighted by Crippen LogP contribution is 2.24. The number of aryl methyl sites for hydroxylation is 2. The highest BCUT2D eigenvalue weighted by Gasteiger charge is 2.23. The molecule has 7 nitrogen and oxygen atoms in total. The van der Waals surface area contributed by atoms with Gasteiger partial charge in [0.2, 0.25) is 5.89 Å². The number of amides is 3. The summed E-state index contributed by atoms with van der Waals surface area (Å²) in [6.45, 7) is 3.76. The molecule has 1 saturated carbocycles. The molecule has 1 heterocycles. The normalized spacial score (nSPS) is 13.0. The lowest BCUT2D eigenvalue weighted by Crippen LogP contribution is -2.30. The molecule has 3 amide bonds. The Bertz CT molecular complexity index is 1030. The van der Waals surface area contributed by atoms with Gasteiger partial charge in [-0.3, -0.25) is 4.79 Å². The number of oxazole rings is 1. The van der Waals surface area contributed by atoms with Crippen LogP contribution in [0.2, 0.25) is 0 Å². The molecule has 148 valence electrons. The van der Waals surface area contributed by atoms with Crippen LogP contribution in [0, 0.1) is 13.8 Å². The SMILES string of the molecule is Cc1nc(-c2cccc(NC(=O)c3ccc(NC(=O)NC4CC4)cc3)c2)oc1C. The molecule has 7 heteroatoms. The Morgan fingerprint density at radius 1 is 1.00 bits per heavy atom. The molecule has 4 rings (SSSR count). The molecule has 0 aliphatic heterocycles. The molecule has 2 aromatic carbocycles. The summed E-state index contributed by atoms with van der Waals surface area (Å²) in [4.78, 5) is 28.7. The largest absolute Gasteiger partial charge is 0.441 e. The quantitative estimate of drug-likeness (QED) is 0.598. The molecule has 3 aromatic rings. The number of nitrogens with zero attached hydrogens (tertiary/aromatic N) is 1. The van der Waals surface area contributed by atoms with Crippen molar-refractivity contribution in [2.24, 2.45) is 0 Å². The molecular weight excluding hydrogens is 368 g/mol. The maximum Gasteiger partial charge on any atom is 0.319 e. The molecule has 0 radical (unpaired) electrons. The van der Waals surface area contributed by atoms with E-state index >= 15 is 0 Å². The van der Waals surface area contributed by atoms with E-state index in [0.29, 0.717) is 28.9 Å². The highest BCUT2D eigenvalue weighted by atomic mass is 16.4. The van der Waals surface area contributed by atoms with Crippen molar-refractivity contribution in [1.29, 1.82) is 0 Å². The second kappa shape index (κ2) is 7.79. The Labute approximate surface area is 168 Å². The Morgan fingerprint density at radius 3 is 2.41 bits per heavy atom. The minimum atomic E-state index is -0.240. The zero-order valence-electron chi connectivity index (χ0n) is 16.3. The molecule has 0 spiro atoms. The molecule has 0 atom stereocenters. The lowest BCUT2D eigenvalue weighted by molar-refractivity contribution is 0.102. The molecule has 0 unspecified atom stereocenters. The van der Waals surface area contributed by atoms with Gasteiger partial charge >= 0.3 is 6.03 Å². The van der Waals surface area contributed by atoms with Crippen LogP contribution in [0.15, 0.2) is 52.9 Å². The van der Waals surface area contributed by atoms with E-state index in [1.165, 1.54) is 0 Å². The molecule has 0 bridgehead atoms. The molecular formula is C22H22N4O3. The topological polar surface area (TPSA) is 96.3 Å². The molecule has 0 saturated heterocycles. The van der Waals surface area contributed by atoms with Gasteiger partial charge in [0.1, 0.15) is 5.76 Å². The average Bonchev–Trinajstić information content (AvgIpc) is 3.45. The first kappa shape index (κ1) is 18.7. The number of hydrogen-bond donors (Lipinski definition) is 3. The van der Waals surface area contributed by atoms with Crippen LogP contribution in [0.4, 0.5) is 16.2 Å². The van der Waals surface area contributed by atoms with Gasteiger partial charge in [-0.1, -0.05) is 6.07 Å². The first-order chi connectivity index (χ1) is 14.0. The summed E-state index contributed by atoms with van der Waals surface area (Å²) < 4.78 is 5.65. The summed E-state index contributed by atoms with van der Waals surface area (Å²) in [5.41, 5.74) is 3.41. The van der Waals surface area contributed by atoms with Crippen molar-refractivity contribution >= 4 is 23.3 Å². The minimum absolute atomic E-state index is 0.224. The Kier molecular flexibility index (Phi) is 5.03. The molecule has 1 aromatic heterocycles. The fourth-order valence-corrected chi connectivity index (χ4v) is 2.81. The third-order valence-corrected chi connectivity index (χ3v) is 4.71. The van der Waals surface area contributed by atoms with Gasteiger partial charge in [0.05, 0.1) is 5.69 Å². The number of carbonyl (C=O) groups excluding carboxylic acids is 2. The average molecular weight is 390 g/mol.